The molecule has 33 heavy (non-hydrogen) atoms. The molecule has 1 saturated carbocycles. The second-order valence-electron chi connectivity index (χ2n) is 8.05. The zero-order chi connectivity index (χ0) is 22.8. The fraction of sp³-hybridized carbons (Fsp3) is 0.261. The van der Waals surface area contributed by atoms with Crippen LogP contribution >= 0.6 is 0 Å². The molecule has 6 nitrogen and oxygen atoms in total. The van der Waals surface area contributed by atoms with Crippen molar-refractivity contribution in [2.24, 2.45) is 5.41 Å². The summed E-state index contributed by atoms with van der Waals surface area (Å²) in [5.74, 6) is 5.62. The Bertz CT molecular complexity index is 1480. The van der Waals surface area contributed by atoms with Gasteiger partial charge in [-0.15, -0.1) is 10.2 Å². The number of aromatic nitrogens is 4. The number of para-hydroxylation sites is 1. The molecule has 0 unspecified atom stereocenters. The van der Waals surface area contributed by atoms with Crippen molar-refractivity contribution in [3.05, 3.63) is 54.1 Å². The Morgan fingerprint density at radius 2 is 1.91 bits per heavy atom. The van der Waals surface area contributed by atoms with E-state index in [9.17, 15) is 17.6 Å². The van der Waals surface area contributed by atoms with Crippen molar-refractivity contribution in [2.75, 3.05) is 18.1 Å². The van der Waals surface area contributed by atoms with E-state index < -0.39 is 17.4 Å². The highest BCUT2D eigenvalue weighted by Crippen LogP contribution is 2.57. The number of nitrogens with zero attached hydrogens (tertiary/aromatic N) is 5. The van der Waals surface area contributed by atoms with E-state index in [1.807, 2.05) is 0 Å². The minimum Gasteiger partial charge on any atom is -0.488 e. The molecule has 0 radical (unpaired) electrons. The Labute approximate surface area is 184 Å². The fourth-order valence-electron chi connectivity index (χ4n) is 4.11. The van der Waals surface area contributed by atoms with Gasteiger partial charge < -0.3 is 9.64 Å². The molecule has 0 bridgehead atoms. The van der Waals surface area contributed by atoms with Crippen LogP contribution in [0.15, 0.2) is 42.7 Å². The third-order valence-electron chi connectivity index (χ3n) is 6.04. The molecule has 0 saturated heterocycles. The third-order valence-corrected chi connectivity index (χ3v) is 6.04. The van der Waals surface area contributed by atoms with Gasteiger partial charge in [-0.25, -0.2) is 4.39 Å². The quantitative estimate of drug-likeness (QED) is 0.311. The highest BCUT2D eigenvalue weighted by Gasteiger charge is 2.62. The Kier molecular flexibility index (Phi) is 4.08. The number of hydrogen-bond donors (Lipinski definition) is 0. The second-order valence-corrected chi connectivity index (χ2v) is 8.05. The molecule has 1 aliphatic heterocycles. The Balaban J connectivity index is 1.51. The average Bonchev–Trinajstić information content (AvgIpc) is 3.46. The van der Waals surface area contributed by atoms with E-state index in [4.69, 9.17) is 4.74 Å². The lowest BCUT2D eigenvalue weighted by Crippen LogP contribution is -2.30. The predicted molar refractivity (Wildman–Crippen MR) is 112 cm³/mol. The van der Waals surface area contributed by atoms with Gasteiger partial charge in [-0.2, -0.15) is 18.2 Å². The highest BCUT2D eigenvalue weighted by molar-refractivity contribution is 5.95. The van der Waals surface area contributed by atoms with Gasteiger partial charge in [0.1, 0.15) is 30.0 Å². The first kappa shape index (κ1) is 19.8. The van der Waals surface area contributed by atoms with Crippen molar-refractivity contribution < 1.29 is 22.3 Å². The molecule has 2 aromatic carbocycles. The maximum absolute atomic E-state index is 15.0. The van der Waals surface area contributed by atoms with Crippen molar-refractivity contribution in [1.29, 1.82) is 0 Å². The summed E-state index contributed by atoms with van der Waals surface area (Å²) in [5.41, 5.74) is -0.499. The number of anilines is 2. The SMILES string of the molecule is Fc1cccc2c1c(N1CCOc3c(C#CC4(C(F)(F)F)CC4)cccc31)nc1nncn12. The van der Waals surface area contributed by atoms with Gasteiger partial charge in [0.25, 0.3) is 5.78 Å². The molecule has 166 valence electrons. The topological polar surface area (TPSA) is 55.5 Å². The van der Waals surface area contributed by atoms with E-state index in [2.05, 4.69) is 27.0 Å². The van der Waals surface area contributed by atoms with Crippen LogP contribution in [0.5, 0.6) is 5.75 Å². The van der Waals surface area contributed by atoms with Gasteiger partial charge in [0.15, 0.2) is 5.75 Å². The van der Waals surface area contributed by atoms with Gasteiger partial charge in [0, 0.05) is 0 Å². The Morgan fingerprint density at radius 1 is 1.09 bits per heavy atom. The average molecular weight is 453 g/mol. The number of fused-ring (bicyclic) bond motifs is 4. The summed E-state index contributed by atoms with van der Waals surface area (Å²) in [5, 5.41) is 8.16. The second kappa shape index (κ2) is 6.81. The number of hydrogen-bond acceptors (Lipinski definition) is 5. The summed E-state index contributed by atoms with van der Waals surface area (Å²) in [6.07, 6.45) is -2.91. The standard InChI is InChI=1S/C23H15F4N5O/c24-15-4-2-5-16-18(15)20(29-21-30-28-13-32(16)21)31-11-12-33-19-14(3-1-6-17(19)31)7-8-22(9-10-22)23(25,26)27/h1-6,13H,9-12H2. The predicted octanol–water partition coefficient (Wildman–Crippen LogP) is 4.64. The van der Waals surface area contributed by atoms with E-state index in [0.29, 0.717) is 40.7 Å². The van der Waals surface area contributed by atoms with E-state index >= 15 is 0 Å². The maximum atomic E-state index is 15.0. The zero-order valence-corrected chi connectivity index (χ0v) is 17.0. The molecule has 3 heterocycles. The summed E-state index contributed by atoms with van der Waals surface area (Å²) in [7, 11) is 0. The number of alkyl halides is 3. The molecule has 0 N–H and O–H groups in total. The van der Waals surface area contributed by atoms with Gasteiger partial charge in [0.2, 0.25) is 0 Å². The molecule has 2 aromatic heterocycles. The van der Waals surface area contributed by atoms with Crippen molar-refractivity contribution in [3.63, 3.8) is 0 Å². The van der Waals surface area contributed by atoms with Crippen LogP contribution in [0.2, 0.25) is 0 Å². The van der Waals surface area contributed by atoms with Crippen molar-refractivity contribution in [3.8, 4) is 17.6 Å². The molecule has 0 spiro atoms. The van der Waals surface area contributed by atoms with E-state index in [-0.39, 0.29) is 24.8 Å². The summed E-state index contributed by atoms with van der Waals surface area (Å²) in [6.45, 7) is 0.586. The van der Waals surface area contributed by atoms with Crippen molar-refractivity contribution in [1.82, 2.24) is 19.6 Å². The molecular formula is C23H15F4N5O. The first-order valence-corrected chi connectivity index (χ1v) is 10.3. The van der Waals surface area contributed by atoms with Crippen molar-refractivity contribution in [2.45, 2.75) is 19.0 Å². The molecule has 6 rings (SSSR count). The zero-order valence-electron chi connectivity index (χ0n) is 17.0. The molecular weight excluding hydrogens is 438 g/mol. The minimum atomic E-state index is -4.37. The van der Waals surface area contributed by atoms with E-state index in [1.165, 1.54) is 12.4 Å². The Morgan fingerprint density at radius 3 is 2.70 bits per heavy atom. The molecule has 4 aromatic rings. The smallest absolute Gasteiger partial charge is 0.405 e. The van der Waals surface area contributed by atoms with Crippen LogP contribution in [0.25, 0.3) is 16.7 Å². The van der Waals surface area contributed by atoms with Gasteiger partial charge in [-0.05, 0) is 37.1 Å². The summed E-state index contributed by atoms with van der Waals surface area (Å²) in [4.78, 5) is 6.32. The van der Waals surface area contributed by atoms with Gasteiger partial charge >= 0.3 is 6.18 Å². The minimum absolute atomic E-state index is 0.000937. The Hall–Kier alpha value is -3.87. The number of ether oxygens (including phenoxy) is 1. The summed E-state index contributed by atoms with van der Waals surface area (Å²) in [6, 6.07) is 9.74. The van der Waals surface area contributed by atoms with Crippen LogP contribution in [0.3, 0.4) is 0 Å². The molecule has 0 atom stereocenters. The van der Waals surface area contributed by atoms with Crippen LogP contribution < -0.4 is 9.64 Å². The van der Waals surface area contributed by atoms with Crippen LogP contribution in [-0.4, -0.2) is 38.9 Å². The van der Waals surface area contributed by atoms with Crippen LogP contribution in [0.4, 0.5) is 29.1 Å². The molecule has 10 heteroatoms. The number of halogens is 4. The summed E-state index contributed by atoms with van der Waals surface area (Å²) >= 11 is 0. The van der Waals surface area contributed by atoms with Gasteiger partial charge in [-0.1, -0.05) is 24.0 Å². The first-order valence-electron chi connectivity index (χ1n) is 10.3. The third kappa shape index (κ3) is 2.99. The lowest BCUT2D eigenvalue weighted by molar-refractivity contribution is -0.168. The van der Waals surface area contributed by atoms with Crippen LogP contribution in [0.1, 0.15) is 18.4 Å². The molecule has 1 aliphatic carbocycles. The summed E-state index contributed by atoms with van der Waals surface area (Å²) < 4.78 is 62.3. The van der Waals surface area contributed by atoms with Gasteiger partial charge in [0.05, 0.1) is 28.7 Å². The van der Waals surface area contributed by atoms with Crippen molar-refractivity contribution >= 4 is 28.2 Å². The van der Waals surface area contributed by atoms with E-state index in [0.717, 1.165) is 0 Å². The monoisotopic (exact) mass is 453 g/mol. The first-order chi connectivity index (χ1) is 15.9. The molecule has 2 aliphatic rings. The van der Waals surface area contributed by atoms with Crippen LogP contribution in [-0.2, 0) is 0 Å². The highest BCUT2D eigenvalue weighted by atomic mass is 19.4. The van der Waals surface area contributed by atoms with Gasteiger partial charge in [-0.3, -0.25) is 4.40 Å². The lowest BCUT2D eigenvalue weighted by atomic mass is 10.1. The molecule has 0 amide bonds. The number of benzene rings is 2. The largest absolute Gasteiger partial charge is 0.488 e. The fourth-order valence-corrected chi connectivity index (χ4v) is 4.11. The number of rotatable bonds is 1. The normalized spacial score (nSPS) is 16.8. The van der Waals surface area contributed by atoms with Crippen LogP contribution in [0, 0.1) is 23.1 Å². The lowest BCUT2D eigenvalue weighted by Gasteiger charge is -2.31. The molecule has 1 fully saturated rings. The maximum Gasteiger partial charge on any atom is 0.405 e. The van der Waals surface area contributed by atoms with E-state index in [1.54, 1.807) is 39.6 Å².